The monoisotopic (exact) mass is 219 g/mol. The molecule has 1 aromatic rings. The first-order valence-corrected chi connectivity index (χ1v) is 5.65. The Labute approximate surface area is 95.8 Å². The van der Waals surface area contributed by atoms with Gasteiger partial charge < -0.3 is 4.74 Å². The van der Waals surface area contributed by atoms with Gasteiger partial charge in [0.2, 0.25) is 0 Å². The minimum absolute atomic E-state index is 0.0938. The van der Waals surface area contributed by atoms with Crippen LogP contribution in [0.1, 0.15) is 19.4 Å². The summed E-state index contributed by atoms with van der Waals surface area (Å²) >= 11 is 0. The number of ether oxygens (including phenoxy) is 1. The van der Waals surface area contributed by atoms with Gasteiger partial charge in [-0.3, -0.25) is 10.1 Å². The Kier molecular flexibility index (Phi) is 3.25. The van der Waals surface area contributed by atoms with E-state index in [1.807, 2.05) is 30.3 Å². The molecule has 0 saturated carbocycles. The summed E-state index contributed by atoms with van der Waals surface area (Å²) in [6.45, 7) is 4.56. The summed E-state index contributed by atoms with van der Waals surface area (Å²) in [6, 6.07) is 9.93. The summed E-state index contributed by atoms with van der Waals surface area (Å²) in [4.78, 5) is 11.6. The van der Waals surface area contributed by atoms with Gasteiger partial charge in [-0.15, -0.1) is 0 Å². The molecule has 1 fully saturated rings. The second-order valence-corrected chi connectivity index (χ2v) is 4.51. The maximum Gasteiger partial charge on any atom is 0.325 e. The quantitative estimate of drug-likeness (QED) is 0.619. The maximum atomic E-state index is 11.6. The number of carbonyl (C=O) groups excluding carboxylic acids is 1. The fourth-order valence-corrected chi connectivity index (χ4v) is 1.76. The van der Waals surface area contributed by atoms with Gasteiger partial charge in [0.05, 0.1) is 0 Å². The van der Waals surface area contributed by atoms with Gasteiger partial charge in [-0.2, -0.15) is 0 Å². The fourth-order valence-electron chi connectivity index (χ4n) is 1.76. The van der Waals surface area contributed by atoms with E-state index < -0.39 is 0 Å². The molecule has 0 unspecified atom stereocenters. The molecule has 0 spiro atoms. The Morgan fingerprint density at radius 3 is 2.62 bits per heavy atom. The second kappa shape index (κ2) is 4.66. The molecule has 1 aliphatic rings. The molecule has 0 bridgehead atoms. The minimum Gasteiger partial charge on any atom is -0.460 e. The highest BCUT2D eigenvalue weighted by Gasteiger charge is 2.45. The fraction of sp³-hybridized carbons (Fsp3) is 0.462. The van der Waals surface area contributed by atoms with Crippen molar-refractivity contribution in [1.29, 1.82) is 0 Å². The Morgan fingerprint density at radius 1 is 1.38 bits per heavy atom. The Morgan fingerprint density at radius 2 is 2.06 bits per heavy atom. The average Bonchev–Trinajstić information content (AvgIpc) is 3.07. The van der Waals surface area contributed by atoms with Crippen LogP contribution in [-0.2, 0) is 16.1 Å². The van der Waals surface area contributed by atoms with E-state index in [4.69, 9.17) is 4.74 Å². The standard InChI is InChI=1S/C13H17NO2/c1-9(2)11-12(14-11)13(15)16-8-10-6-4-3-5-7-10/h3-7,9,11-12,14H,8H2,1-2H3/t11-,12+/m1/s1. The van der Waals surface area contributed by atoms with E-state index in [1.54, 1.807) is 0 Å². The zero-order valence-electron chi connectivity index (χ0n) is 9.64. The number of hydrogen-bond donors (Lipinski definition) is 1. The molecule has 1 N–H and O–H groups in total. The maximum absolute atomic E-state index is 11.6. The number of hydrogen-bond acceptors (Lipinski definition) is 3. The summed E-state index contributed by atoms with van der Waals surface area (Å²) in [6.07, 6.45) is 0. The third kappa shape index (κ3) is 2.61. The molecule has 1 aliphatic heterocycles. The van der Waals surface area contributed by atoms with Gasteiger partial charge in [-0.1, -0.05) is 44.2 Å². The molecule has 2 atom stereocenters. The molecule has 2 rings (SSSR count). The zero-order chi connectivity index (χ0) is 11.5. The van der Waals surface area contributed by atoms with Gasteiger partial charge in [-0.25, -0.2) is 0 Å². The molecule has 0 radical (unpaired) electrons. The molecule has 0 aromatic heterocycles. The van der Waals surface area contributed by atoms with E-state index in [0.29, 0.717) is 18.6 Å². The summed E-state index contributed by atoms with van der Waals surface area (Å²) in [5, 5.41) is 3.13. The molecule has 3 heteroatoms. The molecule has 1 heterocycles. The van der Waals surface area contributed by atoms with E-state index in [-0.39, 0.29) is 12.0 Å². The van der Waals surface area contributed by atoms with Gasteiger partial charge >= 0.3 is 5.97 Å². The van der Waals surface area contributed by atoms with Gasteiger partial charge in [0.15, 0.2) is 0 Å². The summed E-state index contributed by atoms with van der Waals surface area (Å²) in [5.74, 6) is 0.344. The normalized spacial score (nSPS) is 23.2. The van der Waals surface area contributed by atoms with Crippen molar-refractivity contribution in [3.8, 4) is 0 Å². The lowest BCUT2D eigenvalue weighted by molar-refractivity contribution is -0.144. The first kappa shape index (κ1) is 11.1. The highest BCUT2D eigenvalue weighted by Crippen LogP contribution is 2.21. The van der Waals surface area contributed by atoms with Crippen molar-refractivity contribution in [3.63, 3.8) is 0 Å². The van der Waals surface area contributed by atoms with Crippen molar-refractivity contribution in [3.05, 3.63) is 35.9 Å². The van der Waals surface area contributed by atoms with Crippen molar-refractivity contribution >= 4 is 5.97 Å². The summed E-state index contributed by atoms with van der Waals surface area (Å²) in [7, 11) is 0. The molecular weight excluding hydrogens is 202 g/mol. The van der Waals surface area contributed by atoms with Crippen LogP contribution in [0.3, 0.4) is 0 Å². The van der Waals surface area contributed by atoms with Gasteiger partial charge in [0.25, 0.3) is 0 Å². The largest absolute Gasteiger partial charge is 0.460 e. The molecule has 0 aliphatic carbocycles. The zero-order valence-corrected chi connectivity index (χ0v) is 9.64. The van der Waals surface area contributed by atoms with Gasteiger partial charge in [0.1, 0.15) is 12.6 Å². The first-order valence-electron chi connectivity index (χ1n) is 5.65. The van der Waals surface area contributed by atoms with Crippen LogP contribution in [0.5, 0.6) is 0 Å². The topological polar surface area (TPSA) is 48.2 Å². The number of nitrogens with one attached hydrogen (secondary N) is 1. The molecule has 0 amide bonds. The van der Waals surface area contributed by atoms with Crippen LogP contribution in [0.15, 0.2) is 30.3 Å². The van der Waals surface area contributed by atoms with Crippen molar-refractivity contribution in [1.82, 2.24) is 5.32 Å². The summed E-state index contributed by atoms with van der Waals surface area (Å²) < 4.78 is 5.23. The number of rotatable bonds is 4. The molecule has 3 nitrogen and oxygen atoms in total. The van der Waals surface area contributed by atoms with Crippen molar-refractivity contribution in [2.75, 3.05) is 0 Å². The van der Waals surface area contributed by atoms with Gasteiger partial charge in [-0.05, 0) is 11.5 Å². The first-order chi connectivity index (χ1) is 7.68. The SMILES string of the molecule is CC(C)[C@H]1N[C@@H]1C(=O)OCc1ccccc1. The number of esters is 1. The third-order valence-electron chi connectivity index (χ3n) is 2.82. The average molecular weight is 219 g/mol. The molecule has 86 valence electrons. The predicted octanol–water partition coefficient (Wildman–Crippen LogP) is 1.73. The summed E-state index contributed by atoms with van der Waals surface area (Å²) in [5.41, 5.74) is 1.03. The molecule has 1 saturated heterocycles. The van der Waals surface area contributed by atoms with Crippen LogP contribution in [0.4, 0.5) is 0 Å². The van der Waals surface area contributed by atoms with Crippen molar-refractivity contribution in [2.24, 2.45) is 5.92 Å². The molecule has 1 aromatic carbocycles. The van der Waals surface area contributed by atoms with E-state index in [9.17, 15) is 4.79 Å². The van der Waals surface area contributed by atoms with Crippen molar-refractivity contribution < 1.29 is 9.53 Å². The third-order valence-corrected chi connectivity index (χ3v) is 2.82. The Bertz CT molecular complexity index is 361. The Hall–Kier alpha value is -1.35. The predicted molar refractivity (Wildman–Crippen MR) is 61.8 cm³/mol. The van der Waals surface area contributed by atoms with Crippen LogP contribution >= 0.6 is 0 Å². The van der Waals surface area contributed by atoms with E-state index in [1.165, 1.54) is 0 Å². The molecule has 16 heavy (non-hydrogen) atoms. The van der Waals surface area contributed by atoms with E-state index in [0.717, 1.165) is 5.56 Å². The Balaban J connectivity index is 1.78. The van der Waals surface area contributed by atoms with Crippen LogP contribution in [0, 0.1) is 5.92 Å². The second-order valence-electron chi connectivity index (χ2n) is 4.51. The van der Waals surface area contributed by atoms with E-state index >= 15 is 0 Å². The number of benzene rings is 1. The van der Waals surface area contributed by atoms with Crippen LogP contribution < -0.4 is 5.32 Å². The van der Waals surface area contributed by atoms with Gasteiger partial charge in [0, 0.05) is 6.04 Å². The number of carbonyl (C=O) groups is 1. The lowest BCUT2D eigenvalue weighted by Crippen LogP contribution is -2.16. The highest BCUT2D eigenvalue weighted by atomic mass is 16.5. The van der Waals surface area contributed by atoms with Crippen LogP contribution in [-0.4, -0.2) is 18.1 Å². The van der Waals surface area contributed by atoms with Crippen molar-refractivity contribution in [2.45, 2.75) is 32.5 Å². The van der Waals surface area contributed by atoms with Crippen LogP contribution in [0.2, 0.25) is 0 Å². The highest BCUT2D eigenvalue weighted by molar-refractivity contribution is 5.80. The smallest absolute Gasteiger partial charge is 0.325 e. The minimum atomic E-state index is -0.137. The van der Waals surface area contributed by atoms with E-state index in [2.05, 4.69) is 19.2 Å². The molecular formula is C13H17NO2. The lowest BCUT2D eigenvalue weighted by atomic mass is 10.1. The lowest BCUT2D eigenvalue weighted by Gasteiger charge is -2.04. The van der Waals surface area contributed by atoms with Crippen LogP contribution in [0.25, 0.3) is 0 Å².